The number of methoxy groups -OCH3 is 2. The molecule has 4 heteroatoms. The summed E-state index contributed by atoms with van der Waals surface area (Å²) in [5, 5.41) is 0. The first-order chi connectivity index (χ1) is 11.6. The molecule has 0 amide bonds. The third-order valence-corrected chi connectivity index (χ3v) is 4.46. The van der Waals surface area contributed by atoms with Crippen LogP contribution in [0.1, 0.15) is 37.2 Å². The molecule has 0 N–H and O–H groups in total. The molecule has 0 unspecified atom stereocenters. The summed E-state index contributed by atoms with van der Waals surface area (Å²) in [5.74, 6) is 1.68. The Kier molecular flexibility index (Phi) is 5.07. The summed E-state index contributed by atoms with van der Waals surface area (Å²) in [6.45, 7) is 4.11. The molecule has 0 aliphatic carbocycles. The van der Waals surface area contributed by atoms with Crippen molar-refractivity contribution in [3.8, 4) is 11.5 Å². The highest BCUT2D eigenvalue weighted by atomic mass is 16.6. The van der Waals surface area contributed by atoms with Crippen LogP contribution in [-0.2, 0) is 9.47 Å². The predicted octanol–water partition coefficient (Wildman–Crippen LogP) is 4.31. The van der Waals surface area contributed by atoms with Gasteiger partial charge in [0.1, 0.15) is 23.7 Å². The molecule has 3 rings (SSSR count). The summed E-state index contributed by atoms with van der Waals surface area (Å²) >= 11 is 0. The summed E-state index contributed by atoms with van der Waals surface area (Å²) < 4.78 is 23.0. The van der Waals surface area contributed by atoms with Gasteiger partial charge in [-0.05, 0) is 49.2 Å². The van der Waals surface area contributed by atoms with Gasteiger partial charge in [-0.3, -0.25) is 0 Å². The van der Waals surface area contributed by atoms with E-state index in [9.17, 15) is 0 Å². The lowest BCUT2D eigenvalue weighted by molar-refractivity contribution is -0.215. The Labute approximate surface area is 143 Å². The summed E-state index contributed by atoms with van der Waals surface area (Å²) in [4.78, 5) is 0. The maximum absolute atomic E-state index is 6.28. The molecule has 0 bridgehead atoms. The largest absolute Gasteiger partial charge is 0.497 e. The highest BCUT2D eigenvalue weighted by molar-refractivity contribution is 5.31. The predicted molar refractivity (Wildman–Crippen MR) is 92.6 cm³/mol. The minimum Gasteiger partial charge on any atom is -0.497 e. The number of ether oxygens (including phenoxy) is 4. The fourth-order valence-corrected chi connectivity index (χ4v) is 3.11. The van der Waals surface area contributed by atoms with Crippen molar-refractivity contribution in [1.82, 2.24) is 0 Å². The zero-order chi connectivity index (χ0) is 17.1. The molecule has 1 aliphatic heterocycles. The molecule has 1 heterocycles. The summed E-state index contributed by atoms with van der Waals surface area (Å²) in [7, 11) is 3.33. The van der Waals surface area contributed by atoms with Crippen LogP contribution in [0.3, 0.4) is 0 Å². The lowest BCUT2D eigenvalue weighted by Crippen LogP contribution is -2.37. The van der Waals surface area contributed by atoms with Crippen LogP contribution in [0.4, 0.5) is 0 Å². The van der Waals surface area contributed by atoms with E-state index in [4.69, 9.17) is 18.9 Å². The van der Waals surface area contributed by atoms with Gasteiger partial charge in [-0.25, -0.2) is 0 Å². The number of benzene rings is 2. The molecule has 2 aromatic carbocycles. The van der Waals surface area contributed by atoms with Gasteiger partial charge in [0.05, 0.1) is 26.4 Å². The third-order valence-electron chi connectivity index (χ3n) is 4.46. The van der Waals surface area contributed by atoms with Gasteiger partial charge in [0.2, 0.25) is 0 Å². The second kappa shape index (κ2) is 7.24. The van der Waals surface area contributed by atoms with Crippen molar-refractivity contribution in [1.29, 1.82) is 0 Å². The zero-order valence-corrected chi connectivity index (χ0v) is 14.6. The molecule has 0 spiro atoms. The van der Waals surface area contributed by atoms with Crippen LogP contribution in [0.15, 0.2) is 48.5 Å². The van der Waals surface area contributed by atoms with Gasteiger partial charge < -0.3 is 18.9 Å². The van der Waals surface area contributed by atoms with Gasteiger partial charge in [-0.1, -0.05) is 24.3 Å². The Morgan fingerprint density at radius 2 is 0.958 bits per heavy atom. The third kappa shape index (κ3) is 3.40. The number of hydrogen-bond donors (Lipinski definition) is 0. The molecule has 24 heavy (non-hydrogen) atoms. The maximum atomic E-state index is 6.28. The van der Waals surface area contributed by atoms with Gasteiger partial charge in [-0.2, -0.15) is 0 Å². The number of hydrogen-bond acceptors (Lipinski definition) is 4. The van der Waals surface area contributed by atoms with Gasteiger partial charge >= 0.3 is 0 Å². The van der Waals surface area contributed by atoms with Crippen LogP contribution in [-0.4, -0.2) is 26.4 Å². The van der Waals surface area contributed by atoms with E-state index in [0.717, 1.165) is 22.6 Å². The first kappa shape index (κ1) is 16.8. The molecule has 2 aromatic rings. The second-order valence-electron chi connectivity index (χ2n) is 6.07. The molecule has 1 aliphatic rings. The fourth-order valence-electron chi connectivity index (χ4n) is 3.11. The monoisotopic (exact) mass is 328 g/mol. The Morgan fingerprint density at radius 3 is 1.25 bits per heavy atom. The standard InChI is InChI=1S/C20H24O4/c1-13-19(15-5-9-17(21-3)10-6-15)24-14(2)20(23-13)16-7-11-18(22-4)12-8-16/h5-14,19-20H,1-4H3/t13-,14+,19-,20+. The van der Waals surface area contributed by atoms with E-state index in [2.05, 4.69) is 13.8 Å². The smallest absolute Gasteiger partial charge is 0.118 e. The lowest BCUT2D eigenvalue weighted by atomic mass is 9.98. The average Bonchev–Trinajstić information content (AvgIpc) is 2.63. The SMILES string of the molecule is COc1ccc([C@H]2O[C@H](C)[C@H](c3ccc(OC)cc3)O[C@H]2C)cc1. The number of rotatable bonds is 4. The van der Waals surface area contributed by atoms with E-state index in [1.54, 1.807) is 14.2 Å². The Bertz CT molecular complexity index is 591. The molecule has 0 saturated carbocycles. The molecule has 4 nitrogen and oxygen atoms in total. The zero-order valence-electron chi connectivity index (χ0n) is 14.6. The van der Waals surface area contributed by atoms with Crippen molar-refractivity contribution in [3.05, 3.63) is 59.7 Å². The van der Waals surface area contributed by atoms with Crippen molar-refractivity contribution in [2.75, 3.05) is 14.2 Å². The van der Waals surface area contributed by atoms with Crippen LogP contribution in [0, 0.1) is 0 Å². The van der Waals surface area contributed by atoms with Gasteiger partial charge in [0.25, 0.3) is 0 Å². The van der Waals surface area contributed by atoms with Gasteiger partial charge in [-0.15, -0.1) is 0 Å². The van der Waals surface area contributed by atoms with E-state index in [1.807, 2.05) is 48.5 Å². The van der Waals surface area contributed by atoms with Crippen LogP contribution in [0.2, 0.25) is 0 Å². The molecular formula is C20H24O4. The topological polar surface area (TPSA) is 36.9 Å². The Balaban J connectivity index is 1.75. The van der Waals surface area contributed by atoms with E-state index >= 15 is 0 Å². The van der Waals surface area contributed by atoms with Gasteiger partial charge in [0.15, 0.2) is 0 Å². The average molecular weight is 328 g/mol. The van der Waals surface area contributed by atoms with E-state index in [0.29, 0.717) is 0 Å². The summed E-state index contributed by atoms with van der Waals surface area (Å²) in [6, 6.07) is 15.9. The maximum Gasteiger partial charge on any atom is 0.118 e. The molecule has 0 radical (unpaired) electrons. The lowest BCUT2D eigenvalue weighted by Gasteiger charge is -2.39. The van der Waals surface area contributed by atoms with Crippen molar-refractivity contribution in [2.24, 2.45) is 0 Å². The van der Waals surface area contributed by atoms with Crippen LogP contribution >= 0.6 is 0 Å². The first-order valence-electron chi connectivity index (χ1n) is 8.21. The quantitative estimate of drug-likeness (QED) is 0.838. The van der Waals surface area contributed by atoms with Crippen molar-refractivity contribution < 1.29 is 18.9 Å². The normalized spacial score (nSPS) is 26.8. The highest BCUT2D eigenvalue weighted by Gasteiger charge is 2.36. The van der Waals surface area contributed by atoms with Gasteiger partial charge in [0, 0.05) is 0 Å². The van der Waals surface area contributed by atoms with Crippen LogP contribution < -0.4 is 9.47 Å². The minimum atomic E-state index is -0.0830. The molecule has 128 valence electrons. The van der Waals surface area contributed by atoms with E-state index in [-0.39, 0.29) is 24.4 Å². The minimum absolute atomic E-state index is 0.0401. The summed E-state index contributed by atoms with van der Waals surface area (Å²) in [6.07, 6.45) is -0.246. The Hall–Kier alpha value is -2.04. The van der Waals surface area contributed by atoms with E-state index < -0.39 is 0 Å². The fraction of sp³-hybridized carbons (Fsp3) is 0.400. The first-order valence-corrected chi connectivity index (χ1v) is 8.21. The molecule has 1 saturated heterocycles. The molecule has 4 atom stereocenters. The van der Waals surface area contributed by atoms with Crippen molar-refractivity contribution in [2.45, 2.75) is 38.3 Å². The van der Waals surface area contributed by atoms with Crippen molar-refractivity contribution >= 4 is 0 Å². The highest BCUT2D eigenvalue weighted by Crippen LogP contribution is 2.39. The van der Waals surface area contributed by atoms with Crippen molar-refractivity contribution in [3.63, 3.8) is 0 Å². The van der Waals surface area contributed by atoms with Crippen LogP contribution in [0.5, 0.6) is 11.5 Å². The molecule has 0 aromatic heterocycles. The Morgan fingerprint density at radius 1 is 0.625 bits per heavy atom. The second-order valence-corrected chi connectivity index (χ2v) is 6.07. The van der Waals surface area contributed by atoms with Crippen LogP contribution in [0.25, 0.3) is 0 Å². The summed E-state index contributed by atoms with van der Waals surface area (Å²) in [5.41, 5.74) is 2.20. The molecule has 1 fully saturated rings. The molecular weight excluding hydrogens is 304 g/mol. The van der Waals surface area contributed by atoms with E-state index in [1.165, 1.54) is 0 Å².